The molecule has 0 radical (unpaired) electrons. The van der Waals surface area contributed by atoms with E-state index in [1.165, 1.54) is 16.9 Å². The number of aromatic nitrogens is 2. The third-order valence-electron chi connectivity index (χ3n) is 5.16. The van der Waals surface area contributed by atoms with Crippen LogP contribution < -0.4 is 15.7 Å². The molecule has 29 heavy (non-hydrogen) atoms. The van der Waals surface area contributed by atoms with Crippen LogP contribution in [0.4, 0.5) is 0 Å². The second kappa shape index (κ2) is 7.76. The lowest BCUT2D eigenvalue weighted by Crippen LogP contribution is -2.27. The van der Waals surface area contributed by atoms with Crippen molar-refractivity contribution in [3.63, 3.8) is 0 Å². The molecule has 146 valence electrons. The Bertz CT molecular complexity index is 1330. The van der Waals surface area contributed by atoms with Gasteiger partial charge < -0.3 is 0 Å². The molecule has 2 heterocycles. The zero-order valence-corrected chi connectivity index (χ0v) is 17.5. The molecule has 0 saturated carbocycles. The third-order valence-corrected chi connectivity index (χ3v) is 6.13. The van der Waals surface area contributed by atoms with E-state index < -0.39 is 0 Å². The standard InChI is InChI=1S/C24H22N2O2S/c1-15(2)19-11-9-18(10-12-19)14-21-23(28)26-16(3)20(22(27)25-24(26)29-21)13-17-7-5-4-6-8-17/h4-12,14-15H,13H2,1-3H3/b21-14-. The van der Waals surface area contributed by atoms with Gasteiger partial charge in [-0.15, -0.1) is 0 Å². The van der Waals surface area contributed by atoms with Crippen molar-refractivity contribution in [1.29, 1.82) is 0 Å². The first-order valence-corrected chi connectivity index (χ1v) is 10.5. The Labute approximate surface area is 172 Å². The largest absolute Gasteiger partial charge is 0.277 e. The van der Waals surface area contributed by atoms with Crippen molar-refractivity contribution < 1.29 is 0 Å². The molecule has 4 nitrogen and oxygen atoms in total. The molecule has 0 amide bonds. The van der Waals surface area contributed by atoms with Gasteiger partial charge in [0.2, 0.25) is 4.96 Å². The van der Waals surface area contributed by atoms with Gasteiger partial charge in [0.15, 0.2) is 0 Å². The summed E-state index contributed by atoms with van der Waals surface area (Å²) in [6.07, 6.45) is 2.33. The van der Waals surface area contributed by atoms with Crippen LogP contribution in [-0.2, 0) is 6.42 Å². The first kappa shape index (κ1) is 19.3. The molecule has 0 unspecified atom stereocenters. The molecule has 5 heteroatoms. The summed E-state index contributed by atoms with van der Waals surface area (Å²) in [6.45, 7) is 6.13. The van der Waals surface area contributed by atoms with Crippen molar-refractivity contribution >= 4 is 22.4 Å². The minimum atomic E-state index is -0.263. The van der Waals surface area contributed by atoms with E-state index in [-0.39, 0.29) is 11.1 Å². The summed E-state index contributed by atoms with van der Waals surface area (Å²) in [4.78, 5) is 30.3. The quantitative estimate of drug-likeness (QED) is 0.523. The van der Waals surface area contributed by atoms with E-state index in [9.17, 15) is 9.59 Å². The van der Waals surface area contributed by atoms with Crippen molar-refractivity contribution in [2.75, 3.05) is 0 Å². The molecule has 0 saturated heterocycles. The number of benzene rings is 2. The highest BCUT2D eigenvalue weighted by molar-refractivity contribution is 7.15. The molecular formula is C24H22N2O2S. The van der Waals surface area contributed by atoms with E-state index in [1.807, 2.05) is 55.5 Å². The molecule has 4 aromatic rings. The molecular weight excluding hydrogens is 380 g/mol. The Kier molecular flexibility index (Phi) is 5.16. The fourth-order valence-corrected chi connectivity index (χ4v) is 4.43. The summed E-state index contributed by atoms with van der Waals surface area (Å²) in [5.41, 5.74) is 4.08. The molecule has 2 aromatic heterocycles. The van der Waals surface area contributed by atoms with Crippen LogP contribution >= 0.6 is 11.3 Å². The Morgan fingerprint density at radius 1 is 1.03 bits per heavy atom. The van der Waals surface area contributed by atoms with Crippen LogP contribution in [0.5, 0.6) is 0 Å². The van der Waals surface area contributed by atoms with E-state index in [0.717, 1.165) is 11.1 Å². The Hall–Kier alpha value is -3.05. The van der Waals surface area contributed by atoms with Gasteiger partial charge in [-0.3, -0.25) is 14.0 Å². The number of rotatable bonds is 4. The molecule has 0 fully saturated rings. The number of fused-ring (bicyclic) bond motifs is 1. The summed E-state index contributed by atoms with van der Waals surface area (Å²) in [7, 11) is 0. The second-order valence-corrected chi connectivity index (χ2v) is 8.51. The van der Waals surface area contributed by atoms with Gasteiger partial charge >= 0.3 is 0 Å². The number of aryl methyl sites for hydroxylation is 1. The average molecular weight is 403 g/mol. The van der Waals surface area contributed by atoms with Gasteiger partial charge in [0, 0.05) is 17.7 Å². The first-order valence-electron chi connectivity index (χ1n) is 9.64. The predicted molar refractivity (Wildman–Crippen MR) is 119 cm³/mol. The van der Waals surface area contributed by atoms with Crippen LogP contribution in [0.15, 0.2) is 64.2 Å². The maximum Gasteiger partial charge on any atom is 0.277 e. The van der Waals surface area contributed by atoms with Gasteiger partial charge in [0.25, 0.3) is 11.1 Å². The van der Waals surface area contributed by atoms with Gasteiger partial charge in [0.1, 0.15) is 0 Å². The third kappa shape index (κ3) is 3.78. The summed E-state index contributed by atoms with van der Waals surface area (Å²) >= 11 is 1.26. The van der Waals surface area contributed by atoms with Gasteiger partial charge in [-0.05, 0) is 35.6 Å². The number of hydrogen-bond donors (Lipinski definition) is 0. The zero-order chi connectivity index (χ0) is 20.5. The van der Waals surface area contributed by atoms with Gasteiger partial charge in [0.05, 0.1) is 4.53 Å². The maximum absolute atomic E-state index is 13.0. The zero-order valence-electron chi connectivity index (χ0n) is 16.7. The predicted octanol–water partition coefficient (Wildman–Crippen LogP) is 3.69. The average Bonchev–Trinajstić information content (AvgIpc) is 3.01. The molecule has 0 aliphatic rings. The number of hydrogen-bond acceptors (Lipinski definition) is 4. The molecule has 4 rings (SSSR count). The van der Waals surface area contributed by atoms with E-state index in [0.29, 0.717) is 33.1 Å². The van der Waals surface area contributed by atoms with E-state index in [2.05, 4.69) is 31.0 Å². The molecule has 0 N–H and O–H groups in total. The van der Waals surface area contributed by atoms with Crippen molar-refractivity contribution in [2.45, 2.75) is 33.1 Å². The van der Waals surface area contributed by atoms with Crippen molar-refractivity contribution in [3.05, 3.63) is 108 Å². The normalized spacial score (nSPS) is 12.2. The van der Waals surface area contributed by atoms with Crippen LogP contribution in [0.25, 0.3) is 11.0 Å². The molecule has 0 bridgehead atoms. The minimum absolute atomic E-state index is 0.128. The minimum Gasteiger partial charge on any atom is -0.267 e. The smallest absolute Gasteiger partial charge is 0.267 e. The van der Waals surface area contributed by atoms with Gasteiger partial charge in [-0.2, -0.15) is 4.98 Å². The first-order chi connectivity index (χ1) is 13.9. The molecule has 0 spiro atoms. The Morgan fingerprint density at radius 2 is 1.72 bits per heavy atom. The molecule has 0 aliphatic carbocycles. The highest BCUT2D eigenvalue weighted by Crippen LogP contribution is 2.15. The van der Waals surface area contributed by atoms with Crippen molar-refractivity contribution in [3.8, 4) is 0 Å². The van der Waals surface area contributed by atoms with Crippen LogP contribution in [0.2, 0.25) is 0 Å². The topological polar surface area (TPSA) is 51.4 Å². The van der Waals surface area contributed by atoms with E-state index >= 15 is 0 Å². The summed E-state index contributed by atoms with van der Waals surface area (Å²) in [5, 5.41) is 0. The molecule has 2 aromatic carbocycles. The summed E-state index contributed by atoms with van der Waals surface area (Å²) in [5.74, 6) is 0.462. The molecule has 0 aliphatic heterocycles. The lowest BCUT2D eigenvalue weighted by Gasteiger charge is -2.06. The summed E-state index contributed by atoms with van der Waals surface area (Å²) < 4.78 is 2.15. The molecule has 0 atom stereocenters. The maximum atomic E-state index is 13.0. The number of nitrogens with zero attached hydrogens (tertiary/aromatic N) is 2. The van der Waals surface area contributed by atoms with Gasteiger partial charge in [-0.25, -0.2) is 0 Å². The summed E-state index contributed by atoms with van der Waals surface area (Å²) in [6, 6.07) is 18.0. The lowest BCUT2D eigenvalue weighted by atomic mass is 10.0. The highest BCUT2D eigenvalue weighted by atomic mass is 32.1. The monoisotopic (exact) mass is 402 g/mol. The van der Waals surface area contributed by atoms with Crippen LogP contribution in [0.3, 0.4) is 0 Å². The van der Waals surface area contributed by atoms with E-state index in [1.54, 1.807) is 4.40 Å². The Morgan fingerprint density at radius 3 is 2.38 bits per heavy atom. The Balaban J connectivity index is 1.82. The lowest BCUT2D eigenvalue weighted by molar-refractivity contribution is 0.866. The van der Waals surface area contributed by atoms with Crippen molar-refractivity contribution in [1.82, 2.24) is 9.38 Å². The van der Waals surface area contributed by atoms with Crippen molar-refractivity contribution in [2.24, 2.45) is 0 Å². The van der Waals surface area contributed by atoms with Crippen LogP contribution in [-0.4, -0.2) is 9.38 Å². The van der Waals surface area contributed by atoms with Crippen LogP contribution in [0.1, 0.15) is 47.7 Å². The van der Waals surface area contributed by atoms with Gasteiger partial charge in [-0.1, -0.05) is 79.8 Å². The van der Waals surface area contributed by atoms with Crippen LogP contribution in [0, 0.1) is 6.92 Å². The SMILES string of the molecule is Cc1c(Cc2ccccc2)c(=O)nc2s/c(=C\c3ccc(C(C)C)cc3)c(=O)n12. The highest BCUT2D eigenvalue weighted by Gasteiger charge is 2.14. The fraction of sp³-hybridized carbons (Fsp3) is 0.208. The second-order valence-electron chi connectivity index (χ2n) is 7.50. The fourth-order valence-electron chi connectivity index (χ4n) is 3.42. The van der Waals surface area contributed by atoms with E-state index in [4.69, 9.17) is 0 Å². The number of thiazole rings is 1.